The molecule has 1 aromatic rings. The Labute approximate surface area is 48.8 Å². The Kier molecular flexibility index (Phi) is 1.25. The minimum absolute atomic E-state index is 0.694. The molecule has 1 aromatic heterocycles. The quantitative estimate of drug-likeness (QED) is 0.417. The molecule has 2 heteroatoms. The first-order chi connectivity index (χ1) is 3.80. The topological polar surface area (TPSA) is 12.9 Å². The van der Waals surface area contributed by atoms with Gasteiger partial charge in [0.2, 0.25) is 0 Å². The SMILES string of the molecule is [B]=c1ccncc1=C. The molecule has 0 aromatic carbocycles. The summed E-state index contributed by atoms with van der Waals surface area (Å²) in [7, 11) is 5.42. The van der Waals surface area contributed by atoms with E-state index >= 15 is 0 Å². The van der Waals surface area contributed by atoms with Crippen LogP contribution in [-0.2, 0) is 0 Å². The van der Waals surface area contributed by atoms with Gasteiger partial charge in [-0.15, -0.1) is 0 Å². The molecular weight excluding hydrogens is 96.9 g/mol. The molecular formula is C6H5BN. The summed E-state index contributed by atoms with van der Waals surface area (Å²) in [6, 6.07) is 1.72. The second-order valence-electron chi connectivity index (χ2n) is 1.57. The van der Waals surface area contributed by atoms with Crippen molar-refractivity contribution in [1.82, 2.24) is 4.98 Å². The molecule has 0 aliphatic heterocycles. The molecule has 37 valence electrons. The van der Waals surface area contributed by atoms with E-state index < -0.39 is 0 Å². The Bertz CT molecular complexity index is 239. The number of aromatic nitrogens is 1. The first-order valence-electron chi connectivity index (χ1n) is 2.32. The van der Waals surface area contributed by atoms with Crippen LogP contribution in [0.4, 0.5) is 0 Å². The van der Waals surface area contributed by atoms with Gasteiger partial charge in [-0.2, -0.15) is 0 Å². The average molecular weight is 102 g/mol. The summed E-state index contributed by atoms with van der Waals surface area (Å²) >= 11 is 0. The average Bonchev–Trinajstić information content (AvgIpc) is 1.77. The van der Waals surface area contributed by atoms with Crippen molar-refractivity contribution in [2.45, 2.75) is 0 Å². The maximum atomic E-state index is 5.42. The van der Waals surface area contributed by atoms with Gasteiger partial charge < -0.3 is 0 Å². The molecule has 0 N–H and O–H groups in total. The van der Waals surface area contributed by atoms with E-state index in [2.05, 4.69) is 11.6 Å². The molecule has 0 aliphatic rings. The molecule has 1 rings (SSSR count). The number of rotatable bonds is 0. The third kappa shape index (κ3) is 0.834. The Balaban J connectivity index is 3.59. The van der Waals surface area contributed by atoms with E-state index in [9.17, 15) is 0 Å². The van der Waals surface area contributed by atoms with Crippen LogP contribution in [0.2, 0.25) is 0 Å². The third-order valence-corrected chi connectivity index (χ3v) is 0.941. The molecule has 8 heavy (non-hydrogen) atoms. The van der Waals surface area contributed by atoms with Gasteiger partial charge in [0.15, 0.2) is 0 Å². The van der Waals surface area contributed by atoms with E-state index in [0.29, 0.717) is 5.11 Å². The monoisotopic (exact) mass is 102 g/mol. The third-order valence-electron chi connectivity index (χ3n) is 0.941. The summed E-state index contributed by atoms with van der Waals surface area (Å²) in [5.74, 6) is 0. The normalized spacial score (nSPS) is 8.88. The van der Waals surface area contributed by atoms with E-state index in [-0.39, 0.29) is 0 Å². The number of hydrogen-bond donors (Lipinski definition) is 0. The van der Waals surface area contributed by atoms with Crippen molar-refractivity contribution in [1.29, 1.82) is 0 Å². The molecule has 0 atom stereocenters. The van der Waals surface area contributed by atoms with Crippen molar-refractivity contribution < 1.29 is 0 Å². The van der Waals surface area contributed by atoms with Crippen LogP contribution >= 0.6 is 0 Å². The number of pyridine rings is 1. The van der Waals surface area contributed by atoms with Gasteiger partial charge in [0.25, 0.3) is 0 Å². The van der Waals surface area contributed by atoms with Gasteiger partial charge in [0.05, 0.1) is 0 Å². The molecule has 1 heterocycles. The van der Waals surface area contributed by atoms with Crippen molar-refractivity contribution in [3.63, 3.8) is 0 Å². The van der Waals surface area contributed by atoms with Gasteiger partial charge in [-0.3, -0.25) is 0 Å². The van der Waals surface area contributed by atoms with Crippen molar-refractivity contribution in [3.05, 3.63) is 28.8 Å². The van der Waals surface area contributed by atoms with Crippen LogP contribution in [0, 0.1) is 5.11 Å². The van der Waals surface area contributed by atoms with Crippen LogP contribution in [0.1, 0.15) is 0 Å². The summed E-state index contributed by atoms with van der Waals surface area (Å²) in [5, 5.41) is 1.48. The van der Waals surface area contributed by atoms with E-state index in [1.54, 1.807) is 18.5 Å². The van der Waals surface area contributed by atoms with Crippen molar-refractivity contribution >= 4 is 14.1 Å². The standard InChI is InChI=1S/C6H5BN/c1-5-4-8-3-2-6(5)7/h2-4H,1H2. The Morgan fingerprint density at radius 1 is 1.62 bits per heavy atom. The molecule has 0 aliphatic carbocycles. The first kappa shape index (κ1) is 5.23. The first-order valence-corrected chi connectivity index (χ1v) is 2.32. The Morgan fingerprint density at radius 3 is 2.75 bits per heavy atom. The molecule has 0 amide bonds. The molecule has 0 fully saturated rings. The summed E-state index contributed by atoms with van der Waals surface area (Å²) in [6.45, 7) is 3.63. The second-order valence-corrected chi connectivity index (χ2v) is 1.57. The molecule has 0 saturated heterocycles. The van der Waals surface area contributed by atoms with Crippen molar-refractivity contribution in [2.75, 3.05) is 0 Å². The van der Waals surface area contributed by atoms with E-state index in [1.807, 2.05) is 0 Å². The van der Waals surface area contributed by atoms with Crippen LogP contribution in [-0.4, -0.2) is 12.5 Å². The molecule has 0 spiro atoms. The second kappa shape index (κ2) is 1.91. The molecule has 0 unspecified atom stereocenters. The Morgan fingerprint density at radius 2 is 2.38 bits per heavy atom. The minimum atomic E-state index is 0.694. The summed E-state index contributed by atoms with van der Waals surface area (Å²) in [5.41, 5.74) is 0. The van der Waals surface area contributed by atoms with Crippen molar-refractivity contribution in [2.24, 2.45) is 0 Å². The van der Waals surface area contributed by atoms with Crippen molar-refractivity contribution in [3.8, 4) is 0 Å². The molecule has 0 bridgehead atoms. The van der Waals surface area contributed by atoms with Gasteiger partial charge in [-0.1, -0.05) is 0 Å². The number of nitrogens with zero attached hydrogens (tertiary/aromatic N) is 1. The maximum absolute atomic E-state index is 5.42. The van der Waals surface area contributed by atoms with Gasteiger partial charge in [0, 0.05) is 0 Å². The zero-order valence-electron chi connectivity index (χ0n) is 4.46. The van der Waals surface area contributed by atoms with Crippen LogP contribution in [0.3, 0.4) is 0 Å². The zero-order valence-corrected chi connectivity index (χ0v) is 4.46. The fourth-order valence-corrected chi connectivity index (χ4v) is 0.438. The zero-order chi connectivity index (χ0) is 5.98. The molecule has 0 saturated carbocycles. The van der Waals surface area contributed by atoms with Gasteiger partial charge in [-0.25, -0.2) is 0 Å². The fraction of sp³-hybridized carbons (Fsp3) is 0. The fourth-order valence-electron chi connectivity index (χ4n) is 0.438. The summed E-state index contributed by atoms with van der Waals surface area (Å²) in [4.78, 5) is 3.80. The van der Waals surface area contributed by atoms with Crippen LogP contribution < -0.4 is 5.22 Å². The van der Waals surface area contributed by atoms with E-state index in [1.165, 1.54) is 0 Å². The molecule has 1 nitrogen and oxygen atoms in total. The van der Waals surface area contributed by atoms with Crippen LogP contribution in [0.15, 0.2) is 18.5 Å². The van der Waals surface area contributed by atoms with Crippen LogP contribution in [0.5, 0.6) is 0 Å². The van der Waals surface area contributed by atoms with Gasteiger partial charge >= 0.3 is 47.8 Å². The van der Waals surface area contributed by atoms with Crippen LogP contribution in [0.25, 0.3) is 6.58 Å². The van der Waals surface area contributed by atoms with Gasteiger partial charge in [-0.05, 0) is 0 Å². The predicted molar refractivity (Wildman–Crippen MR) is 34.0 cm³/mol. The number of hydrogen-bond acceptors (Lipinski definition) is 1. The Hall–Kier alpha value is -0.915. The summed E-state index contributed by atoms with van der Waals surface area (Å²) in [6.07, 6.45) is 3.28. The predicted octanol–water partition coefficient (Wildman–Crippen LogP) is -0.0887. The molecule has 1 radical (unpaired) electrons. The van der Waals surface area contributed by atoms with E-state index in [4.69, 9.17) is 7.49 Å². The van der Waals surface area contributed by atoms with Gasteiger partial charge in [0.1, 0.15) is 0 Å². The van der Waals surface area contributed by atoms with E-state index in [0.717, 1.165) is 5.22 Å². The summed E-state index contributed by atoms with van der Waals surface area (Å²) < 4.78 is 0.